The average Bonchev–Trinajstić information content (AvgIpc) is 2.45. The van der Waals surface area contributed by atoms with Crippen molar-refractivity contribution in [3.8, 4) is 0 Å². The van der Waals surface area contributed by atoms with Crippen LogP contribution in [0.5, 0.6) is 0 Å². The van der Waals surface area contributed by atoms with Gasteiger partial charge < -0.3 is 4.74 Å². The van der Waals surface area contributed by atoms with Crippen molar-refractivity contribution in [1.29, 1.82) is 0 Å². The van der Waals surface area contributed by atoms with Crippen LogP contribution in [0.25, 0.3) is 0 Å². The molecule has 0 fully saturated rings. The van der Waals surface area contributed by atoms with E-state index in [2.05, 4.69) is 0 Å². The second kappa shape index (κ2) is 8.46. The number of aryl methyl sites for hydroxylation is 1. The number of Topliss-reactive ketones (excluding diaryl/α,β-unsaturated/α-hetero) is 1. The van der Waals surface area contributed by atoms with Crippen molar-refractivity contribution in [3.05, 3.63) is 35.4 Å². The van der Waals surface area contributed by atoms with E-state index in [1.54, 1.807) is 12.1 Å². The van der Waals surface area contributed by atoms with Gasteiger partial charge in [-0.3, -0.25) is 4.79 Å². The van der Waals surface area contributed by atoms with Gasteiger partial charge in [-0.15, -0.1) is 0 Å². The average molecular weight is 262 g/mol. The largest absolute Gasteiger partial charge is 0.462 e. The van der Waals surface area contributed by atoms with E-state index in [-0.39, 0.29) is 5.97 Å². The van der Waals surface area contributed by atoms with Crippen molar-refractivity contribution in [2.24, 2.45) is 0 Å². The van der Waals surface area contributed by atoms with Crippen molar-refractivity contribution in [3.63, 3.8) is 0 Å². The van der Waals surface area contributed by atoms with Gasteiger partial charge in [0.05, 0.1) is 12.2 Å². The lowest BCUT2D eigenvalue weighted by Gasteiger charge is -2.04. The molecule has 3 nitrogen and oxygen atoms in total. The number of hydrogen-bond acceptors (Lipinski definition) is 3. The minimum atomic E-state index is -0.269. The van der Waals surface area contributed by atoms with Crippen LogP contribution in [0.2, 0.25) is 0 Å². The van der Waals surface area contributed by atoms with Crippen LogP contribution in [0.15, 0.2) is 24.3 Å². The van der Waals surface area contributed by atoms with E-state index in [0.29, 0.717) is 30.8 Å². The zero-order chi connectivity index (χ0) is 14.1. The molecule has 0 aliphatic heterocycles. The molecule has 0 aliphatic rings. The lowest BCUT2D eigenvalue weighted by atomic mass is 10.0. The fraction of sp³-hybridized carbons (Fsp3) is 0.500. The maximum Gasteiger partial charge on any atom is 0.338 e. The molecular formula is C16H22O3. The predicted molar refractivity (Wildman–Crippen MR) is 75.3 cm³/mol. The standard InChI is InChI=1S/C16H22O3/c1-3-12-19-16(18)14-10-8-13(9-11-14)6-5-7-15(17)4-2/h8-11H,3-7,12H2,1-2H3. The number of ether oxygens (including phenoxy) is 1. The Morgan fingerprint density at radius 1 is 1.11 bits per heavy atom. The SMILES string of the molecule is CCCOC(=O)c1ccc(CCCC(=O)CC)cc1. The van der Waals surface area contributed by atoms with Gasteiger partial charge in [0.15, 0.2) is 0 Å². The summed E-state index contributed by atoms with van der Waals surface area (Å²) in [4.78, 5) is 22.8. The van der Waals surface area contributed by atoms with E-state index in [0.717, 1.165) is 24.8 Å². The summed E-state index contributed by atoms with van der Waals surface area (Å²) in [6, 6.07) is 7.43. The molecule has 0 aromatic heterocycles. The van der Waals surface area contributed by atoms with Crippen LogP contribution in [0, 0.1) is 0 Å². The Morgan fingerprint density at radius 2 is 1.79 bits per heavy atom. The van der Waals surface area contributed by atoms with Gasteiger partial charge >= 0.3 is 5.97 Å². The molecule has 1 aromatic rings. The zero-order valence-corrected chi connectivity index (χ0v) is 11.8. The monoisotopic (exact) mass is 262 g/mol. The molecule has 0 bridgehead atoms. The second-order valence-corrected chi connectivity index (χ2v) is 4.58. The summed E-state index contributed by atoms with van der Waals surface area (Å²) >= 11 is 0. The van der Waals surface area contributed by atoms with E-state index in [9.17, 15) is 9.59 Å². The first-order valence-corrected chi connectivity index (χ1v) is 6.95. The van der Waals surface area contributed by atoms with E-state index < -0.39 is 0 Å². The normalized spacial score (nSPS) is 10.2. The molecule has 1 aromatic carbocycles. The quantitative estimate of drug-likeness (QED) is 0.673. The van der Waals surface area contributed by atoms with Crippen LogP contribution in [-0.2, 0) is 16.0 Å². The highest BCUT2D eigenvalue weighted by Gasteiger charge is 2.06. The van der Waals surface area contributed by atoms with E-state index in [4.69, 9.17) is 4.74 Å². The summed E-state index contributed by atoms with van der Waals surface area (Å²) in [6.07, 6.45) is 3.82. The van der Waals surface area contributed by atoms with Crippen LogP contribution in [0.1, 0.15) is 55.5 Å². The minimum Gasteiger partial charge on any atom is -0.462 e. The third-order valence-electron chi connectivity index (χ3n) is 2.94. The number of rotatable bonds is 8. The highest BCUT2D eigenvalue weighted by atomic mass is 16.5. The van der Waals surface area contributed by atoms with Gasteiger partial charge in [0.1, 0.15) is 5.78 Å². The van der Waals surface area contributed by atoms with Gasteiger partial charge in [0, 0.05) is 12.8 Å². The molecule has 19 heavy (non-hydrogen) atoms. The number of carbonyl (C=O) groups excluding carboxylic acids is 2. The molecule has 0 spiro atoms. The van der Waals surface area contributed by atoms with Crippen LogP contribution >= 0.6 is 0 Å². The van der Waals surface area contributed by atoms with Crippen molar-refractivity contribution >= 4 is 11.8 Å². The lowest BCUT2D eigenvalue weighted by Crippen LogP contribution is -2.05. The maximum absolute atomic E-state index is 11.6. The Hall–Kier alpha value is -1.64. The predicted octanol–water partition coefficient (Wildman–Crippen LogP) is 3.56. The molecule has 0 heterocycles. The summed E-state index contributed by atoms with van der Waals surface area (Å²) in [5.74, 6) is 0.0364. The van der Waals surface area contributed by atoms with E-state index in [1.165, 1.54) is 0 Å². The maximum atomic E-state index is 11.6. The number of hydrogen-bond donors (Lipinski definition) is 0. The topological polar surface area (TPSA) is 43.4 Å². The van der Waals surface area contributed by atoms with Gasteiger partial charge in [-0.05, 0) is 37.0 Å². The molecule has 3 heteroatoms. The van der Waals surface area contributed by atoms with Crippen molar-refractivity contribution < 1.29 is 14.3 Å². The first-order chi connectivity index (χ1) is 9.17. The fourth-order valence-corrected chi connectivity index (χ4v) is 1.75. The Labute approximate surface area is 115 Å². The summed E-state index contributed by atoms with van der Waals surface area (Å²) in [7, 11) is 0. The third-order valence-corrected chi connectivity index (χ3v) is 2.94. The summed E-state index contributed by atoms with van der Waals surface area (Å²) in [5.41, 5.74) is 1.73. The van der Waals surface area contributed by atoms with Gasteiger partial charge in [0.2, 0.25) is 0 Å². The van der Waals surface area contributed by atoms with E-state index in [1.807, 2.05) is 26.0 Å². The molecule has 0 unspecified atom stereocenters. The van der Waals surface area contributed by atoms with Crippen molar-refractivity contribution in [2.45, 2.75) is 46.0 Å². The van der Waals surface area contributed by atoms with Crippen LogP contribution < -0.4 is 0 Å². The number of ketones is 1. The first kappa shape index (κ1) is 15.4. The zero-order valence-electron chi connectivity index (χ0n) is 11.8. The van der Waals surface area contributed by atoms with Crippen molar-refractivity contribution in [2.75, 3.05) is 6.61 Å². The third kappa shape index (κ3) is 5.69. The molecule has 104 valence electrons. The molecule has 0 N–H and O–H groups in total. The molecule has 0 saturated heterocycles. The molecule has 0 atom stereocenters. The van der Waals surface area contributed by atoms with Gasteiger partial charge in [-0.25, -0.2) is 4.79 Å². The van der Waals surface area contributed by atoms with Gasteiger partial charge in [-0.2, -0.15) is 0 Å². The first-order valence-electron chi connectivity index (χ1n) is 6.95. The number of esters is 1. The minimum absolute atomic E-state index is 0.269. The molecule has 0 radical (unpaired) electrons. The summed E-state index contributed by atoms with van der Waals surface area (Å²) < 4.78 is 5.06. The highest BCUT2D eigenvalue weighted by molar-refractivity contribution is 5.89. The second-order valence-electron chi connectivity index (χ2n) is 4.58. The molecule has 0 aliphatic carbocycles. The Kier molecular flexibility index (Phi) is 6.86. The van der Waals surface area contributed by atoms with Gasteiger partial charge in [0.25, 0.3) is 0 Å². The smallest absolute Gasteiger partial charge is 0.338 e. The Morgan fingerprint density at radius 3 is 2.37 bits per heavy atom. The molecular weight excluding hydrogens is 240 g/mol. The fourth-order valence-electron chi connectivity index (χ4n) is 1.75. The number of carbonyl (C=O) groups is 2. The van der Waals surface area contributed by atoms with Crippen LogP contribution in [0.4, 0.5) is 0 Å². The lowest BCUT2D eigenvalue weighted by molar-refractivity contribution is -0.118. The summed E-state index contributed by atoms with van der Waals surface area (Å²) in [5, 5.41) is 0. The molecule has 1 rings (SSSR count). The van der Waals surface area contributed by atoms with E-state index >= 15 is 0 Å². The number of benzene rings is 1. The van der Waals surface area contributed by atoms with Crippen LogP contribution in [0.3, 0.4) is 0 Å². The Balaban J connectivity index is 2.43. The Bertz CT molecular complexity index is 407. The van der Waals surface area contributed by atoms with Crippen LogP contribution in [-0.4, -0.2) is 18.4 Å². The highest BCUT2D eigenvalue weighted by Crippen LogP contribution is 2.10. The molecule has 0 amide bonds. The summed E-state index contributed by atoms with van der Waals surface area (Å²) in [6.45, 7) is 4.31. The van der Waals surface area contributed by atoms with Gasteiger partial charge in [-0.1, -0.05) is 26.0 Å². The molecule has 0 saturated carbocycles. The van der Waals surface area contributed by atoms with Crippen molar-refractivity contribution in [1.82, 2.24) is 0 Å².